The smallest absolute Gasteiger partial charge is 0.242 e. The fraction of sp³-hybridized carbons (Fsp3) is 0.300. The van der Waals surface area contributed by atoms with Crippen molar-refractivity contribution in [3.63, 3.8) is 0 Å². The van der Waals surface area contributed by atoms with Crippen LogP contribution in [0.25, 0.3) is 11.1 Å². The van der Waals surface area contributed by atoms with Crippen molar-refractivity contribution >= 4 is 34.9 Å². The number of carbonyl (C=O) groups excluding carboxylic acids is 1. The molecular formula is C30H31Cl2FN6O2. The standard InChI is InChI=1S/C30H31Cl2FN6O2/c1-18(27-23(31)7-8-24(33)28(27)32)41-26-14-20(21-16-37-39(17-21)22-9-11-35-12-10-22)15-36-29(26)38-30(40)25(34)13-19-5-3-2-4-6-19/h2-8,14-18,22,25,35H,9-13,34H2,1H3,(H,36,38,40)/t18-,25?/m1/s1. The molecule has 5 rings (SSSR count). The number of hydrogen-bond donors (Lipinski definition) is 3. The van der Waals surface area contributed by atoms with E-state index in [-0.39, 0.29) is 27.2 Å². The summed E-state index contributed by atoms with van der Waals surface area (Å²) in [5, 5.41) is 10.9. The van der Waals surface area contributed by atoms with E-state index in [4.69, 9.17) is 33.7 Å². The van der Waals surface area contributed by atoms with Gasteiger partial charge in [0.25, 0.3) is 0 Å². The third-order valence-electron chi connectivity index (χ3n) is 7.14. The third-order valence-corrected chi connectivity index (χ3v) is 7.85. The van der Waals surface area contributed by atoms with E-state index in [2.05, 4.69) is 20.7 Å². The van der Waals surface area contributed by atoms with Gasteiger partial charge in [0.2, 0.25) is 5.91 Å². The number of aromatic nitrogens is 3. The second kappa shape index (κ2) is 13.0. The lowest BCUT2D eigenvalue weighted by molar-refractivity contribution is -0.117. The summed E-state index contributed by atoms with van der Waals surface area (Å²) in [4.78, 5) is 17.6. The van der Waals surface area contributed by atoms with Crippen molar-refractivity contribution in [1.29, 1.82) is 0 Å². The number of hydrogen-bond acceptors (Lipinski definition) is 6. The Hall–Kier alpha value is -3.50. The van der Waals surface area contributed by atoms with E-state index in [1.807, 2.05) is 41.2 Å². The first-order chi connectivity index (χ1) is 19.8. The van der Waals surface area contributed by atoms with Crippen LogP contribution in [-0.4, -0.2) is 39.8 Å². The number of rotatable bonds is 9. The molecule has 2 atom stereocenters. The van der Waals surface area contributed by atoms with Gasteiger partial charge in [0.15, 0.2) is 11.6 Å². The van der Waals surface area contributed by atoms with Gasteiger partial charge in [-0.2, -0.15) is 5.10 Å². The van der Waals surface area contributed by atoms with Crippen LogP contribution in [0.1, 0.15) is 43.0 Å². The van der Waals surface area contributed by atoms with Gasteiger partial charge in [-0.15, -0.1) is 0 Å². The summed E-state index contributed by atoms with van der Waals surface area (Å²) in [5.74, 6) is -0.615. The molecule has 0 saturated carbocycles. The predicted octanol–water partition coefficient (Wildman–Crippen LogP) is 5.96. The predicted molar refractivity (Wildman–Crippen MR) is 159 cm³/mol. The lowest BCUT2D eigenvalue weighted by Crippen LogP contribution is -2.37. The van der Waals surface area contributed by atoms with E-state index in [1.165, 1.54) is 12.1 Å². The van der Waals surface area contributed by atoms with E-state index >= 15 is 0 Å². The summed E-state index contributed by atoms with van der Waals surface area (Å²) in [6.45, 7) is 3.59. The molecule has 1 fully saturated rings. The monoisotopic (exact) mass is 596 g/mol. The fourth-order valence-electron chi connectivity index (χ4n) is 4.88. The summed E-state index contributed by atoms with van der Waals surface area (Å²) >= 11 is 12.6. The van der Waals surface area contributed by atoms with E-state index < -0.39 is 23.9 Å². The molecule has 41 heavy (non-hydrogen) atoms. The highest BCUT2D eigenvalue weighted by Crippen LogP contribution is 2.38. The van der Waals surface area contributed by atoms with Gasteiger partial charge in [-0.1, -0.05) is 53.5 Å². The van der Waals surface area contributed by atoms with E-state index in [0.717, 1.165) is 42.6 Å². The number of halogens is 3. The topological polar surface area (TPSA) is 107 Å². The lowest BCUT2D eigenvalue weighted by atomic mass is 10.1. The van der Waals surface area contributed by atoms with Gasteiger partial charge in [0, 0.05) is 34.1 Å². The molecular weight excluding hydrogens is 566 g/mol. The van der Waals surface area contributed by atoms with Crippen LogP contribution in [0, 0.1) is 5.82 Å². The maximum Gasteiger partial charge on any atom is 0.242 e. The molecule has 214 valence electrons. The summed E-state index contributed by atoms with van der Waals surface area (Å²) in [5.41, 5.74) is 9.01. The molecule has 0 aliphatic carbocycles. The number of nitrogens with two attached hydrogens (primary N) is 1. The van der Waals surface area contributed by atoms with Crippen LogP contribution in [0.2, 0.25) is 10.0 Å². The Balaban J connectivity index is 1.43. The Labute approximate surface area is 248 Å². The van der Waals surface area contributed by atoms with Crippen LogP contribution < -0.4 is 21.1 Å². The molecule has 3 heterocycles. The number of carbonyl (C=O) groups is 1. The van der Waals surface area contributed by atoms with E-state index in [1.54, 1.807) is 25.4 Å². The third kappa shape index (κ3) is 6.87. The molecule has 4 N–H and O–H groups in total. The summed E-state index contributed by atoms with van der Waals surface area (Å²) < 4.78 is 22.5. The van der Waals surface area contributed by atoms with Gasteiger partial charge in [0.1, 0.15) is 11.9 Å². The molecule has 1 amide bonds. The summed E-state index contributed by atoms with van der Waals surface area (Å²) in [6.07, 6.45) is 6.97. The van der Waals surface area contributed by atoms with Crippen molar-refractivity contribution < 1.29 is 13.9 Å². The minimum absolute atomic E-state index is 0.132. The van der Waals surface area contributed by atoms with Crippen LogP contribution >= 0.6 is 23.2 Å². The number of anilines is 1. The largest absolute Gasteiger partial charge is 0.482 e. The Morgan fingerprint density at radius 3 is 2.68 bits per heavy atom. The lowest BCUT2D eigenvalue weighted by Gasteiger charge is -2.22. The van der Waals surface area contributed by atoms with Gasteiger partial charge >= 0.3 is 0 Å². The van der Waals surface area contributed by atoms with Crippen LogP contribution in [0.4, 0.5) is 10.2 Å². The first kappa shape index (κ1) is 29.0. The highest BCUT2D eigenvalue weighted by molar-refractivity contribution is 6.36. The van der Waals surface area contributed by atoms with Crippen LogP contribution in [-0.2, 0) is 11.2 Å². The number of nitrogens with one attached hydrogen (secondary N) is 2. The van der Waals surface area contributed by atoms with Crippen molar-refractivity contribution in [2.75, 3.05) is 18.4 Å². The van der Waals surface area contributed by atoms with E-state index in [0.29, 0.717) is 12.5 Å². The van der Waals surface area contributed by atoms with Crippen LogP contribution in [0.5, 0.6) is 5.75 Å². The molecule has 0 bridgehead atoms. The molecule has 2 aromatic carbocycles. The van der Waals surface area contributed by atoms with Crippen molar-refractivity contribution in [2.45, 2.75) is 44.4 Å². The molecule has 2 aromatic heterocycles. The average molecular weight is 598 g/mol. The SMILES string of the molecule is C[C@@H](Oc1cc(-c2cnn(C3CCNCC3)c2)cnc1NC(=O)C(N)Cc1ccccc1)c1c(Cl)ccc(F)c1Cl. The second-order valence-electron chi connectivity index (χ2n) is 10.1. The quantitative estimate of drug-likeness (QED) is 0.206. The molecule has 1 aliphatic heterocycles. The van der Waals surface area contributed by atoms with E-state index in [9.17, 15) is 9.18 Å². The number of amides is 1. The average Bonchev–Trinajstić information content (AvgIpc) is 3.48. The number of pyridine rings is 1. The zero-order valence-corrected chi connectivity index (χ0v) is 24.0. The first-order valence-corrected chi connectivity index (χ1v) is 14.2. The molecule has 0 radical (unpaired) electrons. The zero-order chi connectivity index (χ0) is 28.9. The molecule has 1 saturated heterocycles. The van der Waals surface area contributed by atoms with Crippen LogP contribution in [0.3, 0.4) is 0 Å². The van der Waals surface area contributed by atoms with Crippen molar-refractivity contribution in [1.82, 2.24) is 20.1 Å². The fourth-order valence-corrected chi connectivity index (χ4v) is 5.56. The van der Waals surface area contributed by atoms with Gasteiger partial charge in [0.05, 0.1) is 23.3 Å². The normalized spacial score (nSPS) is 15.3. The number of ether oxygens (including phenoxy) is 1. The maximum absolute atomic E-state index is 14.3. The Kier molecular flexibility index (Phi) is 9.19. The second-order valence-corrected chi connectivity index (χ2v) is 10.8. The first-order valence-electron chi connectivity index (χ1n) is 13.5. The number of piperidine rings is 1. The van der Waals surface area contributed by atoms with Gasteiger partial charge in [-0.05, 0) is 63.0 Å². The Morgan fingerprint density at radius 2 is 1.93 bits per heavy atom. The highest BCUT2D eigenvalue weighted by atomic mass is 35.5. The highest BCUT2D eigenvalue weighted by Gasteiger charge is 2.23. The minimum atomic E-state index is -0.820. The molecule has 1 aliphatic rings. The van der Waals surface area contributed by atoms with Crippen molar-refractivity contribution in [3.05, 3.63) is 94.1 Å². The van der Waals surface area contributed by atoms with Gasteiger partial charge in [-0.25, -0.2) is 9.37 Å². The number of nitrogens with zero attached hydrogens (tertiary/aromatic N) is 3. The zero-order valence-electron chi connectivity index (χ0n) is 22.5. The molecule has 1 unspecified atom stereocenters. The Bertz CT molecular complexity index is 1510. The maximum atomic E-state index is 14.3. The van der Waals surface area contributed by atoms with Crippen molar-refractivity contribution in [2.24, 2.45) is 5.73 Å². The van der Waals surface area contributed by atoms with Gasteiger partial charge < -0.3 is 21.1 Å². The Morgan fingerprint density at radius 1 is 1.17 bits per heavy atom. The molecule has 4 aromatic rings. The number of benzene rings is 2. The van der Waals surface area contributed by atoms with Gasteiger partial charge in [-0.3, -0.25) is 9.48 Å². The van der Waals surface area contributed by atoms with Crippen molar-refractivity contribution in [3.8, 4) is 16.9 Å². The molecule has 8 nitrogen and oxygen atoms in total. The molecule has 11 heteroatoms. The molecule has 0 spiro atoms. The van der Waals surface area contributed by atoms with Crippen LogP contribution in [0.15, 0.2) is 67.1 Å². The summed E-state index contributed by atoms with van der Waals surface area (Å²) in [6, 6.07) is 13.4. The minimum Gasteiger partial charge on any atom is -0.482 e. The summed E-state index contributed by atoms with van der Waals surface area (Å²) in [7, 11) is 0.